The van der Waals surface area contributed by atoms with E-state index < -0.39 is 5.97 Å². The van der Waals surface area contributed by atoms with Crippen molar-refractivity contribution in [1.29, 1.82) is 0 Å². The van der Waals surface area contributed by atoms with Gasteiger partial charge in [-0.25, -0.2) is 4.98 Å². The Hall–Kier alpha value is -1.36. The Bertz CT molecular complexity index is 550. The average molecular weight is 250 g/mol. The van der Waals surface area contributed by atoms with Crippen LogP contribution in [0.15, 0.2) is 49.6 Å². The van der Waals surface area contributed by atoms with Crippen molar-refractivity contribution < 1.29 is 39.5 Å². The molecule has 86 valence electrons. The number of hydrogen-bond acceptors (Lipinski definition) is 3. The van der Waals surface area contributed by atoms with Gasteiger partial charge in [-0.2, -0.15) is 0 Å². The fraction of sp³-hybridized carbons (Fsp3) is 0.0769. The van der Waals surface area contributed by atoms with Crippen molar-refractivity contribution in [3.63, 3.8) is 0 Å². The maximum Gasteiger partial charge on any atom is 1.00 e. The maximum absolute atomic E-state index is 10.7. The SMILES string of the molecule is C=C(C(=O)[O-])c1cccc(Cn2ccnc2)c1.[Na+]. The number of nitrogens with zero attached hydrogens (tertiary/aromatic N) is 2. The zero-order valence-electron chi connectivity index (χ0n) is 10.2. The summed E-state index contributed by atoms with van der Waals surface area (Å²) in [6, 6.07) is 7.22. The van der Waals surface area contributed by atoms with Crippen LogP contribution in [0.2, 0.25) is 0 Å². The first kappa shape index (κ1) is 14.7. The molecule has 4 nitrogen and oxygen atoms in total. The van der Waals surface area contributed by atoms with Crippen LogP contribution in [0, 0.1) is 0 Å². The van der Waals surface area contributed by atoms with Crippen molar-refractivity contribution in [2.75, 3.05) is 0 Å². The minimum Gasteiger partial charge on any atom is -0.545 e. The number of hydrogen-bond donors (Lipinski definition) is 0. The van der Waals surface area contributed by atoms with Crippen LogP contribution < -0.4 is 34.7 Å². The van der Waals surface area contributed by atoms with Crippen LogP contribution in [0.1, 0.15) is 11.1 Å². The van der Waals surface area contributed by atoms with Gasteiger partial charge in [0.25, 0.3) is 0 Å². The molecule has 2 rings (SSSR count). The molecule has 0 amide bonds. The van der Waals surface area contributed by atoms with Crippen molar-refractivity contribution in [2.24, 2.45) is 0 Å². The Morgan fingerprint density at radius 1 is 1.44 bits per heavy atom. The van der Waals surface area contributed by atoms with E-state index in [1.807, 2.05) is 16.8 Å². The van der Waals surface area contributed by atoms with E-state index in [-0.39, 0.29) is 35.1 Å². The molecule has 2 aromatic rings. The minimum atomic E-state index is -1.25. The third-order valence-electron chi connectivity index (χ3n) is 2.45. The van der Waals surface area contributed by atoms with Crippen molar-refractivity contribution in [3.05, 3.63) is 60.7 Å². The largest absolute Gasteiger partial charge is 1.00 e. The predicted molar refractivity (Wildman–Crippen MR) is 61.8 cm³/mol. The van der Waals surface area contributed by atoms with E-state index in [1.165, 1.54) is 0 Å². The Morgan fingerprint density at radius 2 is 2.22 bits per heavy atom. The van der Waals surface area contributed by atoms with Gasteiger partial charge in [-0.1, -0.05) is 24.8 Å². The van der Waals surface area contributed by atoms with Gasteiger partial charge in [0.05, 0.1) is 12.3 Å². The second-order valence-electron chi connectivity index (χ2n) is 3.70. The molecule has 1 aromatic heterocycles. The van der Waals surface area contributed by atoms with E-state index in [0.29, 0.717) is 12.1 Å². The van der Waals surface area contributed by atoms with Crippen molar-refractivity contribution in [3.8, 4) is 0 Å². The molecule has 0 spiro atoms. The Morgan fingerprint density at radius 3 is 2.83 bits per heavy atom. The molecular formula is C13H11N2NaO2. The van der Waals surface area contributed by atoms with Gasteiger partial charge in [-0.05, 0) is 22.8 Å². The molecule has 0 unspecified atom stereocenters. The second-order valence-corrected chi connectivity index (χ2v) is 3.70. The molecule has 0 saturated heterocycles. The van der Waals surface area contributed by atoms with E-state index >= 15 is 0 Å². The molecule has 0 bridgehead atoms. The Labute approximate surface area is 127 Å². The van der Waals surface area contributed by atoms with E-state index in [1.54, 1.807) is 30.7 Å². The van der Waals surface area contributed by atoms with E-state index in [9.17, 15) is 9.90 Å². The molecule has 0 aliphatic rings. The zero-order valence-corrected chi connectivity index (χ0v) is 12.2. The summed E-state index contributed by atoms with van der Waals surface area (Å²) >= 11 is 0. The zero-order chi connectivity index (χ0) is 12.3. The molecule has 0 saturated carbocycles. The molecule has 0 aliphatic heterocycles. The molecule has 1 aromatic carbocycles. The number of aromatic nitrogens is 2. The van der Waals surface area contributed by atoms with E-state index in [0.717, 1.165) is 5.56 Å². The summed E-state index contributed by atoms with van der Waals surface area (Å²) in [6.45, 7) is 4.13. The summed E-state index contributed by atoms with van der Waals surface area (Å²) in [5, 5.41) is 10.7. The molecule has 0 aliphatic carbocycles. The Balaban J connectivity index is 0.00000162. The van der Waals surface area contributed by atoms with E-state index in [4.69, 9.17) is 0 Å². The monoisotopic (exact) mass is 250 g/mol. The first-order valence-corrected chi connectivity index (χ1v) is 5.12. The van der Waals surface area contributed by atoms with Gasteiger partial charge in [-0.3, -0.25) is 0 Å². The molecule has 0 fully saturated rings. The number of carboxylic acid groups (broad SMARTS) is 1. The van der Waals surface area contributed by atoms with Gasteiger partial charge in [0.15, 0.2) is 0 Å². The molecule has 0 radical (unpaired) electrons. The maximum atomic E-state index is 10.7. The van der Waals surface area contributed by atoms with Gasteiger partial charge in [0.1, 0.15) is 0 Å². The molecular weight excluding hydrogens is 239 g/mol. The van der Waals surface area contributed by atoms with Crippen LogP contribution in [0.25, 0.3) is 5.57 Å². The number of imidazole rings is 1. The van der Waals surface area contributed by atoms with Crippen molar-refractivity contribution in [1.82, 2.24) is 9.55 Å². The van der Waals surface area contributed by atoms with Gasteiger partial charge in [-0.15, -0.1) is 0 Å². The van der Waals surface area contributed by atoms with Crippen molar-refractivity contribution >= 4 is 11.5 Å². The fourth-order valence-electron chi connectivity index (χ4n) is 1.57. The summed E-state index contributed by atoms with van der Waals surface area (Å²) in [7, 11) is 0. The number of benzene rings is 1. The molecule has 0 N–H and O–H groups in total. The summed E-state index contributed by atoms with van der Waals surface area (Å²) in [4.78, 5) is 14.6. The first-order chi connectivity index (χ1) is 8.16. The van der Waals surface area contributed by atoms with Crippen LogP contribution >= 0.6 is 0 Å². The number of aliphatic carboxylic acids is 1. The van der Waals surface area contributed by atoms with Crippen LogP contribution in [0.4, 0.5) is 0 Å². The summed E-state index contributed by atoms with van der Waals surface area (Å²) in [5.41, 5.74) is 1.56. The average Bonchev–Trinajstić information content (AvgIpc) is 2.81. The topological polar surface area (TPSA) is 57.9 Å². The fourth-order valence-corrected chi connectivity index (χ4v) is 1.57. The quantitative estimate of drug-likeness (QED) is 0.453. The third-order valence-corrected chi connectivity index (χ3v) is 2.45. The first-order valence-electron chi connectivity index (χ1n) is 5.12. The third kappa shape index (κ3) is 3.57. The Kier molecular flexibility index (Phi) is 5.34. The molecule has 1 heterocycles. The summed E-state index contributed by atoms with van der Waals surface area (Å²) < 4.78 is 1.90. The smallest absolute Gasteiger partial charge is 0.545 e. The van der Waals surface area contributed by atoms with Gasteiger partial charge in [0.2, 0.25) is 0 Å². The number of rotatable bonds is 4. The molecule has 5 heteroatoms. The van der Waals surface area contributed by atoms with Gasteiger partial charge >= 0.3 is 29.6 Å². The normalized spacial score (nSPS) is 9.56. The minimum absolute atomic E-state index is 0. The van der Waals surface area contributed by atoms with Crippen LogP contribution in [-0.4, -0.2) is 15.5 Å². The van der Waals surface area contributed by atoms with Gasteiger partial charge in [0, 0.05) is 18.9 Å². The standard InChI is InChI=1S/C13H12N2O2.Na/c1-10(13(16)17)12-4-2-3-11(7-12)8-15-6-5-14-9-15;/h2-7,9H,1,8H2,(H,16,17);/q;+1/p-1. The van der Waals surface area contributed by atoms with Gasteiger partial charge < -0.3 is 14.5 Å². The summed E-state index contributed by atoms with van der Waals surface area (Å²) in [5.74, 6) is -1.25. The van der Waals surface area contributed by atoms with Crippen molar-refractivity contribution in [2.45, 2.75) is 6.54 Å². The van der Waals surface area contributed by atoms with E-state index in [2.05, 4.69) is 11.6 Å². The number of carbonyl (C=O) groups is 1. The van der Waals surface area contributed by atoms with Crippen LogP contribution in [0.5, 0.6) is 0 Å². The second kappa shape index (κ2) is 6.54. The summed E-state index contributed by atoms with van der Waals surface area (Å²) in [6.07, 6.45) is 5.25. The van der Waals surface area contributed by atoms with Crippen LogP contribution in [-0.2, 0) is 11.3 Å². The number of carbonyl (C=O) groups excluding carboxylic acids is 1. The predicted octanol–water partition coefficient (Wildman–Crippen LogP) is -2.30. The van der Waals surface area contributed by atoms with Crippen LogP contribution in [0.3, 0.4) is 0 Å². The molecule has 18 heavy (non-hydrogen) atoms. The molecule has 0 atom stereocenters. The number of carboxylic acids is 1.